The maximum absolute atomic E-state index is 13.0. The van der Waals surface area contributed by atoms with Crippen LogP contribution >= 0.6 is 0 Å². The van der Waals surface area contributed by atoms with E-state index in [1.165, 1.54) is 7.11 Å². The van der Waals surface area contributed by atoms with Crippen molar-refractivity contribution in [2.24, 2.45) is 0 Å². The Kier molecular flexibility index (Phi) is 5.21. The minimum Gasteiger partial charge on any atom is -0.497 e. The van der Waals surface area contributed by atoms with Gasteiger partial charge in [-0.25, -0.2) is 4.79 Å². The monoisotopic (exact) mass is 362 g/mol. The van der Waals surface area contributed by atoms with E-state index in [-0.39, 0.29) is 6.61 Å². The molecule has 1 unspecified atom stereocenters. The minimum atomic E-state index is -1.62. The second-order valence-electron chi connectivity index (χ2n) is 6.25. The number of carbonyl (C=O) groups excluding carboxylic acids is 3. The lowest BCUT2D eigenvalue weighted by Gasteiger charge is -2.47. The third-order valence-corrected chi connectivity index (χ3v) is 4.96. The summed E-state index contributed by atoms with van der Waals surface area (Å²) in [6, 6.07) is 5.24. The van der Waals surface area contributed by atoms with Crippen molar-refractivity contribution in [3.8, 4) is 5.75 Å². The Balaban J connectivity index is 2.13. The number of β-amino-alcohol motifs (C(OH)–C–C–N with tert-alkyl or cyclic N) is 1. The number of hydrogen-bond donors (Lipinski definition) is 4. The van der Waals surface area contributed by atoms with Gasteiger partial charge in [0.25, 0.3) is 0 Å². The van der Waals surface area contributed by atoms with Crippen molar-refractivity contribution in [1.82, 2.24) is 20.9 Å². The molecule has 0 saturated carbocycles. The fraction of sp³-hybridized carbons (Fsp3) is 0.471. The highest BCUT2D eigenvalue weighted by atomic mass is 16.5. The summed E-state index contributed by atoms with van der Waals surface area (Å²) in [5, 5.41) is 17.1. The van der Waals surface area contributed by atoms with E-state index in [1.54, 1.807) is 24.3 Å². The van der Waals surface area contributed by atoms with Crippen LogP contribution in [0, 0.1) is 0 Å². The zero-order valence-electron chi connectivity index (χ0n) is 14.4. The quantitative estimate of drug-likeness (QED) is 0.474. The average molecular weight is 362 g/mol. The van der Waals surface area contributed by atoms with Crippen molar-refractivity contribution in [1.29, 1.82) is 0 Å². The molecule has 9 nitrogen and oxygen atoms in total. The molecule has 2 aliphatic heterocycles. The van der Waals surface area contributed by atoms with Crippen molar-refractivity contribution in [2.75, 3.05) is 39.9 Å². The van der Waals surface area contributed by atoms with Gasteiger partial charge in [-0.2, -0.15) is 0 Å². The first kappa shape index (κ1) is 18.3. The maximum atomic E-state index is 13.0. The highest BCUT2D eigenvalue weighted by Crippen LogP contribution is 2.35. The van der Waals surface area contributed by atoms with Crippen LogP contribution in [0.4, 0.5) is 4.79 Å². The molecule has 0 radical (unpaired) electrons. The number of aliphatic hydroxyl groups is 1. The van der Waals surface area contributed by atoms with Gasteiger partial charge in [0.15, 0.2) is 5.41 Å². The maximum Gasteiger partial charge on any atom is 0.328 e. The summed E-state index contributed by atoms with van der Waals surface area (Å²) in [4.78, 5) is 39.5. The molecule has 3 rings (SSSR count). The number of rotatable bonds is 5. The van der Waals surface area contributed by atoms with Gasteiger partial charge in [-0.1, -0.05) is 12.1 Å². The van der Waals surface area contributed by atoms with Crippen molar-refractivity contribution in [3.05, 3.63) is 29.8 Å². The van der Waals surface area contributed by atoms with Gasteiger partial charge < -0.3 is 15.2 Å². The van der Waals surface area contributed by atoms with E-state index >= 15 is 0 Å². The number of amides is 4. The number of methoxy groups -OCH3 is 1. The largest absolute Gasteiger partial charge is 0.497 e. The number of benzene rings is 1. The number of imide groups is 2. The van der Waals surface area contributed by atoms with Crippen LogP contribution in [0.2, 0.25) is 0 Å². The van der Waals surface area contributed by atoms with Crippen molar-refractivity contribution >= 4 is 17.8 Å². The molecule has 0 bridgehead atoms. The van der Waals surface area contributed by atoms with E-state index in [1.807, 2.05) is 4.90 Å². The summed E-state index contributed by atoms with van der Waals surface area (Å²) in [7, 11) is 1.53. The van der Waals surface area contributed by atoms with Crippen molar-refractivity contribution in [2.45, 2.75) is 11.5 Å². The molecule has 1 atom stereocenters. The van der Waals surface area contributed by atoms with E-state index in [0.717, 1.165) is 0 Å². The first-order valence-electron chi connectivity index (χ1n) is 8.41. The Morgan fingerprint density at radius 1 is 1.19 bits per heavy atom. The average Bonchev–Trinajstić information content (AvgIpc) is 2.63. The molecule has 0 aromatic heterocycles. The highest BCUT2D eigenvalue weighted by molar-refractivity contribution is 6.23. The lowest BCUT2D eigenvalue weighted by atomic mass is 9.70. The molecular formula is C17H22N4O5. The zero-order valence-corrected chi connectivity index (χ0v) is 14.4. The van der Waals surface area contributed by atoms with Crippen LogP contribution in [0.5, 0.6) is 5.75 Å². The summed E-state index contributed by atoms with van der Waals surface area (Å²) < 4.78 is 5.15. The topological polar surface area (TPSA) is 120 Å². The van der Waals surface area contributed by atoms with Crippen molar-refractivity contribution < 1.29 is 24.2 Å². The number of piperazine rings is 1. The standard InChI is InChI=1S/C17H22N4O5/c1-26-12-4-2-11(3-5-12)17(14(23)19-16(25)20-15(17)24)13-10-18-6-7-21(13)8-9-22/h2-5,13,18,22H,6-10H2,1H3,(H2,19,20,23,24,25). The Morgan fingerprint density at radius 3 is 2.42 bits per heavy atom. The Morgan fingerprint density at radius 2 is 1.85 bits per heavy atom. The van der Waals surface area contributed by atoms with Crippen LogP contribution in [-0.4, -0.2) is 73.8 Å². The molecule has 1 aromatic rings. The smallest absolute Gasteiger partial charge is 0.328 e. The lowest BCUT2D eigenvalue weighted by molar-refractivity contribution is -0.143. The SMILES string of the molecule is COc1ccc(C2(C3CNCCN3CCO)C(=O)NC(=O)NC2=O)cc1. The Hall–Kier alpha value is -2.49. The van der Waals surface area contributed by atoms with Gasteiger partial charge in [-0.15, -0.1) is 0 Å². The fourth-order valence-electron chi connectivity index (χ4n) is 3.72. The number of nitrogens with zero attached hydrogens (tertiary/aromatic N) is 1. The molecule has 2 saturated heterocycles. The number of carbonyl (C=O) groups is 3. The second-order valence-corrected chi connectivity index (χ2v) is 6.25. The van der Waals surface area contributed by atoms with Gasteiger partial charge in [0, 0.05) is 32.2 Å². The van der Waals surface area contributed by atoms with Crippen LogP contribution in [0.3, 0.4) is 0 Å². The molecule has 4 N–H and O–H groups in total. The van der Waals surface area contributed by atoms with Crippen LogP contribution in [0.15, 0.2) is 24.3 Å². The molecule has 2 heterocycles. The normalized spacial score (nSPS) is 23.3. The lowest BCUT2D eigenvalue weighted by Crippen LogP contribution is -2.74. The number of barbiturate groups is 1. The van der Waals surface area contributed by atoms with E-state index in [9.17, 15) is 19.5 Å². The zero-order chi connectivity index (χ0) is 18.7. The molecular weight excluding hydrogens is 340 g/mol. The second kappa shape index (κ2) is 7.40. The van der Waals surface area contributed by atoms with E-state index < -0.39 is 29.3 Å². The fourth-order valence-corrected chi connectivity index (χ4v) is 3.72. The molecule has 9 heteroatoms. The number of hydrogen-bond acceptors (Lipinski definition) is 7. The van der Waals surface area contributed by atoms with Gasteiger partial charge >= 0.3 is 6.03 Å². The highest BCUT2D eigenvalue weighted by Gasteiger charge is 2.58. The first-order chi connectivity index (χ1) is 12.5. The summed E-state index contributed by atoms with van der Waals surface area (Å²) >= 11 is 0. The van der Waals surface area contributed by atoms with Crippen LogP contribution < -0.4 is 20.7 Å². The summed E-state index contributed by atoms with van der Waals surface area (Å²) in [6.45, 7) is 1.83. The molecule has 4 amide bonds. The summed E-state index contributed by atoms with van der Waals surface area (Å²) in [5.74, 6) is -0.758. The van der Waals surface area contributed by atoms with Gasteiger partial charge in [-0.05, 0) is 17.7 Å². The number of aliphatic hydroxyl groups excluding tert-OH is 1. The first-order valence-corrected chi connectivity index (χ1v) is 8.41. The van der Waals surface area contributed by atoms with E-state index in [2.05, 4.69) is 16.0 Å². The van der Waals surface area contributed by atoms with Crippen LogP contribution in [0.25, 0.3) is 0 Å². The van der Waals surface area contributed by atoms with Gasteiger partial charge in [0.2, 0.25) is 11.8 Å². The Labute approximate surface area is 150 Å². The molecule has 2 fully saturated rings. The minimum absolute atomic E-state index is 0.0998. The number of urea groups is 1. The summed E-state index contributed by atoms with van der Waals surface area (Å²) in [5.41, 5.74) is -1.17. The van der Waals surface area contributed by atoms with Crippen LogP contribution in [0.1, 0.15) is 5.56 Å². The third kappa shape index (κ3) is 2.94. The third-order valence-electron chi connectivity index (χ3n) is 4.96. The molecule has 0 spiro atoms. The number of ether oxygens (including phenoxy) is 1. The summed E-state index contributed by atoms with van der Waals surface area (Å²) in [6.07, 6.45) is 0. The van der Waals surface area contributed by atoms with Gasteiger partial charge in [0.1, 0.15) is 5.75 Å². The molecule has 140 valence electrons. The van der Waals surface area contributed by atoms with Gasteiger partial charge in [-0.3, -0.25) is 25.1 Å². The molecule has 2 aliphatic rings. The number of nitrogens with one attached hydrogen (secondary N) is 3. The van der Waals surface area contributed by atoms with Crippen molar-refractivity contribution in [3.63, 3.8) is 0 Å². The predicted octanol–water partition coefficient (Wildman–Crippen LogP) is -1.43. The van der Waals surface area contributed by atoms with E-state index in [4.69, 9.17) is 4.74 Å². The Bertz CT molecular complexity index is 684. The predicted molar refractivity (Wildman–Crippen MR) is 91.7 cm³/mol. The molecule has 26 heavy (non-hydrogen) atoms. The van der Waals surface area contributed by atoms with Gasteiger partial charge in [0.05, 0.1) is 13.7 Å². The van der Waals surface area contributed by atoms with Crippen LogP contribution in [-0.2, 0) is 15.0 Å². The van der Waals surface area contributed by atoms with E-state index in [0.29, 0.717) is 37.5 Å². The molecule has 0 aliphatic carbocycles. The molecule has 1 aromatic carbocycles.